The van der Waals surface area contributed by atoms with Crippen molar-refractivity contribution in [1.29, 1.82) is 0 Å². The highest BCUT2D eigenvalue weighted by atomic mass is 79.9. The van der Waals surface area contributed by atoms with Gasteiger partial charge in [-0.25, -0.2) is 21.6 Å². The first-order valence-corrected chi connectivity index (χ1v) is 6.95. The van der Waals surface area contributed by atoms with E-state index in [0.717, 1.165) is 0 Å². The number of halogens is 4. The average molecular weight is 356 g/mol. The minimum Gasteiger partial charge on any atom is -0.263 e. The average Bonchev–Trinajstić information content (AvgIpc) is 2.71. The molecule has 0 spiro atoms. The zero-order chi connectivity index (χ0) is 14.2. The number of aromatic nitrogens is 2. The van der Waals surface area contributed by atoms with Crippen molar-refractivity contribution in [2.24, 2.45) is 0 Å². The summed E-state index contributed by atoms with van der Waals surface area (Å²) >= 11 is 2.99. The van der Waals surface area contributed by atoms with E-state index in [2.05, 4.69) is 26.1 Å². The number of rotatable bonds is 3. The lowest BCUT2D eigenvalue weighted by molar-refractivity contribution is 0.432. The van der Waals surface area contributed by atoms with Gasteiger partial charge >= 0.3 is 0 Å². The molecule has 0 saturated heterocycles. The Balaban J connectivity index is 2.46. The summed E-state index contributed by atoms with van der Waals surface area (Å²) in [6.07, 6.45) is 1.26. The highest BCUT2D eigenvalue weighted by molar-refractivity contribution is 9.10. The molecule has 0 bridgehead atoms. The fourth-order valence-corrected chi connectivity index (χ4v) is 2.78. The number of H-pyrrole nitrogens is 1. The van der Waals surface area contributed by atoms with Crippen LogP contribution in [0.15, 0.2) is 27.7 Å². The van der Waals surface area contributed by atoms with E-state index in [-0.39, 0.29) is 10.3 Å². The number of nitrogens with one attached hydrogen (secondary N) is 2. The van der Waals surface area contributed by atoms with Crippen LogP contribution in [-0.4, -0.2) is 18.6 Å². The van der Waals surface area contributed by atoms with E-state index in [4.69, 9.17) is 0 Å². The summed E-state index contributed by atoms with van der Waals surface area (Å²) in [4.78, 5) is -1.01. The fraction of sp³-hybridized carbons (Fsp3) is 0. The molecule has 0 amide bonds. The molecule has 2 N–H and O–H groups in total. The van der Waals surface area contributed by atoms with E-state index >= 15 is 0 Å². The van der Waals surface area contributed by atoms with Crippen LogP contribution < -0.4 is 4.72 Å². The van der Waals surface area contributed by atoms with Crippen LogP contribution in [-0.2, 0) is 10.0 Å². The molecule has 5 nitrogen and oxygen atoms in total. The molecular formula is C9H5BrF3N3O2S. The molecule has 0 aliphatic rings. The second kappa shape index (κ2) is 4.85. The Morgan fingerprint density at radius 1 is 1.21 bits per heavy atom. The van der Waals surface area contributed by atoms with Gasteiger partial charge in [-0.15, -0.1) is 0 Å². The highest BCUT2D eigenvalue weighted by Crippen LogP contribution is 2.24. The van der Waals surface area contributed by atoms with E-state index in [1.165, 1.54) is 6.20 Å². The fourth-order valence-electron chi connectivity index (χ4n) is 1.25. The van der Waals surface area contributed by atoms with Crippen LogP contribution in [0.1, 0.15) is 0 Å². The molecule has 0 fully saturated rings. The first kappa shape index (κ1) is 13.9. The van der Waals surface area contributed by atoms with Gasteiger partial charge in [-0.05, 0) is 28.1 Å². The summed E-state index contributed by atoms with van der Waals surface area (Å²) in [5.41, 5.74) is 0. The number of aromatic amines is 1. The van der Waals surface area contributed by atoms with Crippen LogP contribution in [0.2, 0.25) is 0 Å². The molecule has 19 heavy (non-hydrogen) atoms. The highest BCUT2D eigenvalue weighted by Gasteiger charge is 2.25. The summed E-state index contributed by atoms with van der Waals surface area (Å²) in [6.45, 7) is 0. The maximum atomic E-state index is 13.4. The van der Waals surface area contributed by atoms with Gasteiger partial charge < -0.3 is 0 Å². The molecule has 102 valence electrons. The summed E-state index contributed by atoms with van der Waals surface area (Å²) in [6, 6.07) is 1.15. The van der Waals surface area contributed by atoms with Gasteiger partial charge in [-0.3, -0.25) is 9.82 Å². The lowest BCUT2D eigenvalue weighted by atomic mass is 10.3. The number of hydrogen-bond donors (Lipinski definition) is 2. The van der Waals surface area contributed by atoms with Crippen LogP contribution >= 0.6 is 15.9 Å². The molecule has 0 atom stereocenters. The van der Waals surface area contributed by atoms with Gasteiger partial charge in [0, 0.05) is 0 Å². The Morgan fingerprint density at radius 3 is 2.47 bits per heavy atom. The molecule has 1 heterocycles. The Kier molecular flexibility index (Phi) is 3.54. The van der Waals surface area contributed by atoms with E-state index in [9.17, 15) is 21.6 Å². The van der Waals surface area contributed by atoms with Gasteiger partial charge in [0.15, 0.2) is 17.5 Å². The zero-order valence-electron chi connectivity index (χ0n) is 8.92. The SMILES string of the molecule is O=S(=O)(Nc1[nH]ncc1Br)c1ccc(F)c(F)c1F. The summed E-state index contributed by atoms with van der Waals surface area (Å²) < 4.78 is 65.0. The Bertz CT molecular complexity index is 732. The standard InChI is InChI=1S/C9H5BrF3N3O2S/c10-4-3-14-15-9(4)16-19(17,18)6-2-1-5(11)7(12)8(6)13/h1-3H,(H2,14,15,16). The lowest BCUT2D eigenvalue weighted by Gasteiger charge is -2.08. The van der Waals surface area contributed by atoms with E-state index < -0.39 is 32.4 Å². The topological polar surface area (TPSA) is 74.8 Å². The largest absolute Gasteiger partial charge is 0.266 e. The van der Waals surface area contributed by atoms with E-state index in [0.29, 0.717) is 12.1 Å². The third kappa shape index (κ3) is 2.59. The third-order valence-corrected chi connectivity index (χ3v) is 4.09. The van der Waals surface area contributed by atoms with Crippen molar-refractivity contribution >= 4 is 31.8 Å². The summed E-state index contributed by atoms with van der Waals surface area (Å²) in [5, 5.41) is 5.83. The van der Waals surface area contributed by atoms with Crippen molar-refractivity contribution in [1.82, 2.24) is 10.2 Å². The first-order chi connectivity index (χ1) is 8.83. The maximum absolute atomic E-state index is 13.4. The van der Waals surface area contributed by atoms with Gasteiger partial charge in [0.2, 0.25) is 0 Å². The first-order valence-electron chi connectivity index (χ1n) is 4.68. The van der Waals surface area contributed by atoms with Crippen LogP contribution in [0.25, 0.3) is 0 Å². The Morgan fingerprint density at radius 2 is 1.89 bits per heavy atom. The third-order valence-electron chi connectivity index (χ3n) is 2.12. The smallest absolute Gasteiger partial charge is 0.263 e. The van der Waals surface area contributed by atoms with Crippen molar-refractivity contribution < 1.29 is 21.6 Å². The van der Waals surface area contributed by atoms with Crippen LogP contribution in [0.4, 0.5) is 19.0 Å². The van der Waals surface area contributed by atoms with Crippen molar-refractivity contribution in [3.05, 3.63) is 40.3 Å². The van der Waals surface area contributed by atoms with Gasteiger partial charge in [0.1, 0.15) is 10.7 Å². The maximum Gasteiger partial charge on any atom is 0.266 e. The molecule has 2 aromatic rings. The molecule has 2 rings (SSSR count). The predicted octanol–water partition coefficient (Wildman–Crippen LogP) is 2.39. The molecule has 0 unspecified atom stereocenters. The van der Waals surface area contributed by atoms with Crippen molar-refractivity contribution in [3.63, 3.8) is 0 Å². The normalized spacial score (nSPS) is 11.6. The van der Waals surface area contributed by atoms with Crippen molar-refractivity contribution in [2.75, 3.05) is 4.72 Å². The molecule has 0 saturated carbocycles. The van der Waals surface area contributed by atoms with Crippen LogP contribution in [0.5, 0.6) is 0 Å². The Hall–Kier alpha value is -1.55. The quantitative estimate of drug-likeness (QED) is 0.830. The van der Waals surface area contributed by atoms with Gasteiger partial charge in [0.05, 0.1) is 10.7 Å². The predicted molar refractivity (Wildman–Crippen MR) is 63.4 cm³/mol. The van der Waals surface area contributed by atoms with Crippen molar-refractivity contribution in [3.8, 4) is 0 Å². The molecule has 1 aromatic carbocycles. The van der Waals surface area contributed by atoms with Crippen LogP contribution in [0, 0.1) is 17.5 Å². The molecule has 10 heteroatoms. The molecule has 1 aromatic heterocycles. The number of anilines is 1. The second-order valence-electron chi connectivity index (χ2n) is 3.37. The molecular weight excluding hydrogens is 351 g/mol. The summed E-state index contributed by atoms with van der Waals surface area (Å²) in [7, 11) is -4.41. The Labute approximate surface area is 114 Å². The molecule has 0 radical (unpaired) electrons. The second-order valence-corrected chi connectivity index (χ2v) is 5.88. The molecule has 0 aliphatic heterocycles. The van der Waals surface area contributed by atoms with E-state index in [1.807, 2.05) is 4.72 Å². The molecule has 0 aliphatic carbocycles. The van der Waals surface area contributed by atoms with Gasteiger partial charge in [-0.2, -0.15) is 5.10 Å². The van der Waals surface area contributed by atoms with Gasteiger partial charge in [-0.1, -0.05) is 0 Å². The summed E-state index contributed by atoms with van der Waals surface area (Å²) in [5.74, 6) is -5.18. The minimum absolute atomic E-state index is 0.0656. The zero-order valence-corrected chi connectivity index (χ0v) is 11.3. The monoisotopic (exact) mass is 355 g/mol. The van der Waals surface area contributed by atoms with E-state index in [1.54, 1.807) is 0 Å². The van der Waals surface area contributed by atoms with Gasteiger partial charge in [0.25, 0.3) is 10.0 Å². The number of nitrogens with zero attached hydrogens (tertiary/aromatic N) is 1. The lowest BCUT2D eigenvalue weighted by Crippen LogP contribution is -2.16. The number of hydrogen-bond acceptors (Lipinski definition) is 3. The van der Waals surface area contributed by atoms with Crippen molar-refractivity contribution in [2.45, 2.75) is 4.90 Å². The minimum atomic E-state index is -4.41. The van der Waals surface area contributed by atoms with Crippen LogP contribution in [0.3, 0.4) is 0 Å². The number of sulfonamides is 1. The number of benzene rings is 1.